The first-order valence-corrected chi connectivity index (χ1v) is 7.88. The fraction of sp³-hybridized carbons (Fsp3) is 0.625. The number of nitrogens with zero attached hydrogens (tertiary/aromatic N) is 1. The van der Waals surface area contributed by atoms with Gasteiger partial charge in [-0.05, 0) is 50.7 Å². The second-order valence-corrected chi connectivity index (χ2v) is 5.90. The fourth-order valence-electron chi connectivity index (χ4n) is 2.84. The zero-order valence-corrected chi connectivity index (χ0v) is 12.5. The van der Waals surface area contributed by atoms with Gasteiger partial charge in [-0.15, -0.1) is 0 Å². The van der Waals surface area contributed by atoms with E-state index in [0.29, 0.717) is 24.3 Å². The molecular weight excluding hydrogens is 266 g/mol. The van der Waals surface area contributed by atoms with Gasteiger partial charge in [0.25, 0.3) is 5.91 Å². The fourth-order valence-corrected chi connectivity index (χ4v) is 2.84. The molecule has 2 atom stereocenters. The Morgan fingerprint density at radius 2 is 2.24 bits per heavy atom. The van der Waals surface area contributed by atoms with Crippen molar-refractivity contribution in [2.45, 2.75) is 44.8 Å². The number of pyridine rings is 1. The van der Waals surface area contributed by atoms with Gasteiger partial charge in [-0.1, -0.05) is 0 Å². The molecule has 1 aromatic heterocycles. The van der Waals surface area contributed by atoms with Gasteiger partial charge >= 0.3 is 0 Å². The third kappa shape index (κ3) is 3.73. The van der Waals surface area contributed by atoms with Gasteiger partial charge in [0, 0.05) is 25.4 Å². The summed E-state index contributed by atoms with van der Waals surface area (Å²) in [5.41, 5.74) is 0.602. The molecule has 5 nitrogen and oxygen atoms in total. The van der Waals surface area contributed by atoms with Crippen molar-refractivity contribution in [3.05, 3.63) is 23.9 Å². The van der Waals surface area contributed by atoms with Crippen LogP contribution in [-0.2, 0) is 4.74 Å². The van der Waals surface area contributed by atoms with Crippen molar-refractivity contribution in [1.82, 2.24) is 10.3 Å². The van der Waals surface area contributed by atoms with E-state index in [9.17, 15) is 4.79 Å². The highest BCUT2D eigenvalue weighted by Crippen LogP contribution is 2.38. The lowest BCUT2D eigenvalue weighted by atomic mass is 10.00. The van der Waals surface area contributed by atoms with E-state index in [4.69, 9.17) is 4.74 Å². The van der Waals surface area contributed by atoms with Crippen LogP contribution in [0.1, 0.15) is 43.0 Å². The van der Waals surface area contributed by atoms with E-state index in [2.05, 4.69) is 15.6 Å². The number of amides is 1. The SMILES string of the molecule is CCNC(=O)c1ccc(NC2CCOC(C3CC3)C2)nc1. The van der Waals surface area contributed by atoms with Crippen molar-refractivity contribution in [1.29, 1.82) is 0 Å². The van der Waals surface area contributed by atoms with Crippen LogP contribution in [-0.4, -0.2) is 36.2 Å². The van der Waals surface area contributed by atoms with Crippen molar-refractivity contribution < 1.29 is 9.53 Å². The van der Waals surface area contributed by atoms with E-state index in [-0.39, 0.29) is 5.91 Å². The summed E-state index contributed by atoms with van der Waals surface area (Å²) in [5.74, 6) is 1.54. The molecule has 0 spiro atoms. The minimum absolute atomic E-state index is 0.0728. The maximum atomic E-state index is 11.7. The molecule has 0 bridgehead atoms. The molecule has 2 heterocycles. The predicted molar refractivity (Wildman–Crippen MR) is 81.4 cm³/mol. The summed E-state index contributed by atoms with van der Waals surface area (Å²) in [5, 5.41) is 6.24. The van der Waals surface area contributed by atoms with Crippen LogP contribution in [0.4, 0.5) is 5.82 Å². The lowest BCUT2D eigenvalue weighted by Crippen LogP contribution is -2.35. The lowest BCUT2D eigenvalue weighted by molar-refractivity contribution is -0.00223. The Labute approximate surface area is 125 Å². The van der Waals surface area contributed by atoms with Gasteiger partial charge in [0.15, 0.2) is 0 Å². The lowest BCUT2D eigenvalue weighted by Gasteiger charge is -2.30. The summed E-state index contributed by atoms with van der Waals surface area (Å²) in [4.78, 5) is 16.0. The van der Waals surface area contributed by atoms with Gasteiger partial charge in [0.05, 0.1) is 11.7 Å². The molecule has 1 saturated carbocycles. The van der Waals surface area contributed by atoms with Gasteiger partial charge in [-0.3, -0.25) is 4.79 Å². The zero-order chi connectivity index (χ0) is 14.7. The van der Waals surface area contributed by atoms with Crippen LogP contribution >= 0.6 is 0 Å². The highest BCUT2D eigenvalue weighted by molar-refractivity contribution is 5.93. The molecule has 1 amide bonds. The summed E-state index contributed by atoms with van der Waals surface area (Å²) in [6.07, 6.45) is 6.76. The van der Waals surface area contributed by atoms with Gasteiger partial charge in [0.1, 0.15) is 5.82 Å². The van der Waals surface area contributed by atoms with Crippen molar-refractivity contribution in [2.24, 2.45) is 5.92 Å². The standard InChI is InChI=1S/C16H23N3O2/c1-2-17-16(20)12-5-6-15(18-10-12)19-13-7-8-21-14(9-13)11-3-4-11/h5-6,10-11,13-14H,2-4,7-9H2,1H3,(H,17,20)(H,18,19). The number of anilines is 1. The van der Waals surface area contributed by atoms with Crippen molar-refractivity contribution in [3.63, 3.8) is 0 Å². The molecule has 114 valence electrons. The van der Waals surface area contributed by atoms with Gasteiger partial charge in [-0.25, -0.2) is 4.98 Å². The average molecular weight is 289 g/mol. The third-order valence-corrected chi connectivity index (χ3v) is 4.18. The largest absolute Gasteiger partial charge is 0.378 e. The van der Waals surface area contributed by atoms with Crippen molar-refractivity contribution in [2.75, 3.05) is 18.5 Å². The molecule has 2 fully saturated rings. The first-order chi connectivity index (χ1) is 10.3. The molecule has 1 saturated heterocycles. The monoisotopic (exact) mass is 289 g/mol. The van der Waals surface area contributed by atoms with E-state index >= 15 is 0 Å². The Morgan fingerprint density at radius 1 is 1.38 bits per heavy atom. The summed E-state index contributed by atoms with van der Waals surface area (Å²) >= 11 is 0. The van der Waals surface area contributed by atoms with E-state index in [1.54, 1.807) is 6.20 Å². The minimum Gasteiger partial charge on any atom is -0.378 e. The second-order valence-electron chi connectivity index (χ2n) is 5.90. The van der Waals surface area contributed by atoms with Crippen LogP contribution in [0.5, 0.6) is 0 Å². The molecule has 21 heavy (non-hydrogen) atoms. The number of carbonyl (C=O) groups excluding carboxylic acids is 1. The van der Waals surface area contributed by atoms with Crippen molar-refractivity contribution >= 4 is 11.7 Å². The second kappa shape index (κ2) is 6.43. The smallest absolute Gasteiger partial charge is 0.252 e. The Morgan fingerprint density at radius 3 is 2.90 bits per heavy atom. The predicted octanol–water partition coefficient (Wildman–Crippen LogP) is 2.20. The van der Waals surface area contributed by atoms with Gasteiger partial charge in [-0.2, -0.15) is 0 Å². The van der Waals surface area contributed by atoms with Crippen LogP contribution in [0.2, 0.25) is 0 Å². The number of rotatable bonds is 5. The number of ether oxygens (including phenoxy) is 1. The molecule has 1 aliphatic heterocycles. The number of hydrogen-bond acceptors (Lipinski definition) is 4. The van der Waals surface area contributed by atoms with E-state index < -0.39 is 0 Å². The van der Waals surface area contributed by atoms with Gasteiger partial charge in [0.2, 0.25) is 0 Å². The first kappa shape index (κ1) is 14.3. The highest BCUT2D eigenvalue weighted by atomic mass is 16.5. The first-order valence-electron chi connectivity index (χ1n) is 7.88. The Kier molecular flexibility index (Phi) is 4.39. The number of nitrogens with one attached hydrogen (secondary N) is 2. The molecular formula is C16H23N3O2. The van der Waals surface area contributed by atoms with Crippen LogP contribution in [0.3, 0.4) is 0 Å². The maximum Gasteiger partial charge on any atom is 0.252 e. The molecule has 2 aliphatic rings. The summed E-state index contributed by atoms with van der Waals surface area (Å²) in [6, 6.07) is 4.12. The van der Waals surface area contributed by atoms with E-state index in [1.165, 1.54) is 12.8 Å². The van der Waals surface area contributed by atoms with E-state index in [1.807, 2.05) is 19.1 Å². The molecule has 1 aliphatic carbocycles. The summed E-state index contributed by atoms with van der Waals surface area (Å²) in [7, 11) is 0. The summed E-state index contributed by atoms with van der Waals surface area (Å²) < 4.78 is 5.83. The van der Waals surface area contributed by atoms with Crippen LogP contribution < -0.4 is 10.6 Å². The number of aromatic nitrogens is 1. The van der Waals surface area contributed by atoms with Gasteiger partial charge < -0.3 is 15.4 Å². The Hall–Kier alpha value is -1.62. The molecule has 0 radical (unpaired) electrons. The highest BCUT2D eigenvalue weighted by Gasteiger charge is 2.35. The molecule has 0 aromatic carbocycles. The van der Waals surface area contributed by atoms with Crippen LogP contribution in [0, 0.1) is 5.92 Å². The Bertz CT molecular complexity index is 485. The maximum absolute atomic E-state index is 11.7. The third-order valence-electron chi connectivity index (χ3n) is 4.18. The molecule has 1 aromatic rings. The summed E-state index contributed by atoms with van der Waals surface area (Å²) in [6.45, 7) is 3.36. The number of hydrogen-bond donors (Lipinski definition) is 2. The molecule has 2 unspecified atom stereocenters. The quantitative estimate of drug-likeness (QED) is 0.872. The molecule has 5 heteroatoms. The normalized spacial score (nSPS) is 25.4. The van der Waals surface area contributed by atoms with Crippen LogP contribution in [0.25, 0.3) is 0 Å². The Balaban J connectivity index is 1.55. The molecule has 3 rings (SSSR count). The zero-order valence-electron chi connectivity index (χ0n) is 12.5. The average Bonchev–Trinajstić information content (AvgIpc) is 3.33. The van der Waals surface area contributed by atoms with Crippen molar-refractivity contribution in [3.8, 4) is 0 Å². The minimum atomic E-state index is -0.0728. The van der Waals surface area contributed by atoms with Crippen LogP contribution in [0.15, 0.2) is 18.3 Å². The topological polar surface area (TPSA) is 63.2 Å². The number of carbonyl (C=O) groups is 1. The molecule has 2 N–H and O–H groups in total. The van der Waals surface area contributed by atoms with E-state index in [0.717, 1.165) is 31.2 Å².